The molecule has 0 fully saturated rings. The average Bonchev–Trinajstić information content (AvgIpc) is 3.04. The Morgan fingerprint density at radius 2 is 1.86 bits per heavy atom. The van der Waals surface area contributed by atoms with Crippen molar-refractivity contribution in [3.05, 3.63) is 62.9 Å². The summed E-state index contributed by atoms with van der Waals surface area (Å²) in [5, 5.41) is 3.12. The van der Waals surface area contributed by atoms with Crippen LogP contribution in [0.2, 0.25) is 0 Å². The summed E-state index contributed by atoms with van der Waals surface area (Å²) in [6.45, 7) is 11.2. The summed E-state index contributed by atoms with van der Waals surface area (Å²) in [6.07, 6.45) is 12.2. The number of hydrogen-bond donors (Lipinski definition) is 0. The number of nitroso groups, excluding NO2 is 1. The highest BCUT2D eigenvalue weighted by Crippen LogP contribution is 2.39. The van der Waals surface area contributed by atoms with Crippen molar-refractivity contribution in [2.75, 3.05) is 6.61 Å². The number of nitrogens with zero attached hydrogens (tertiary/aromatic N) is 2. The maximum Gasteiger partial charge on any atom is 0.187 e. The van der Waals surface area contributed by atoms with Gasteiger partial charge in [0.1, 0.15) is 5.69 Å². The van der Waals surface area contributed by atoms with Crippen molar-refractivity contribution in [3.8, 4) is 0 Å². The molecular formula is C23H32N2O3. The fourth-order valence-corrected chi connectivity index (χ4v) is 3.14. The topological polar surface area (TPSA) is 60.8 Å². The van der Waals surface area contributed by atoms with E-state index in [9.17, 15) is 4.91 Å². The summed E-state index contributed by atoms with van der Waals surface area (Å²) in [4.78, 5) is 15.4. The normalized spacial score (nSPS) is 16.8. The Morgan fingerprint density at radius 3 is 2.54 bits per heavy atom. The molecule has 152 valence electrons. The van der Waals surface area contributed by atoms with Gasteiger partial charge in [0.2, 0.25) is 0 Å². The molecule has 5 heteroatoms. The molecule has 0 aliphatic carbocycles. The van der Waals surface area contributed by atoms with Crippen molar-refractivity contribution in [1.82, 2.24) is 4.98 Å². The molecule has 1 aromatic rings. The maximum absolute atomic E-state index is 11.2. The Morgan fingerprint density at radius 1 is 1.18 bits per heavy atom. The molecule has 1 aromatic heterocycles. The first-order chi connectivity index (χ1) is 13.4. The lowest BCUT2D eigenvalue weighted by atomic mass is 10.1. The van der Waals surface area contributed by atoms with Crippen LogP contribution in [0.3, 0.4) is 0 Å². The second kappa shape index (κ2) is 11.0. The lowest BCUT2D eigenvalue weighted by Crippen LogP contribution is -2.04. The van der Waals surface area contributed by atoms with E-state index in [0.717, 1.165) is 36.8 Å². The summed E-state index contributed by atoms with van der Waals surface area (Å²) in [6, 6.07) is 0. The third-order valence-corrected chi connectivity index (χ3v) is 4.88. The average molecular weight is 385 g/mol. The summed E-state index contributed by atoms with van der Waals surface area (Å²) < 4.78 is 11.5. The number of hydrogen-bond acceptors (Lipinski definition) is 5. The van der Waals surface area contributed by atoms with Gasteiger partial charge in [0.25, 0.3) is 0 Å². The highest BCUT2D eigenvalue weighted by atomic mass is 16.7. The van der Waals surface area contributed by atoms with E-state index in [4.69, 9.17) is 9.47 Å². The van der Waals surface area contributed by atoms with Crippen LogP contribution in [0.1, 0.15) is 76.5 Å². The van der Waals surface area contributed by atoms with E-state index in [0.29, 0.717) is 24.6 Å². The van der Waals surface area contributed by atoms with Crippen LogP contribution >= 0.6 is 0 Å². The smallest absolute Gasteiger partial charge is 0.187 e. The highest BCUT2D eigenvalue weighted by molar-refractivity contribution is 5.54. The monoisotopic (exact) mass is 384 g/mol. The molecule has 1 aliphatic heterocycles. The minimum absolute atomic E-state index is 0.342. The zero-order valence-corrected chi connectivity index (χ0v) is 17.7. The molecule has 0 radical (unpaired) electrons. The summed E-state index contributed by atoms with van der Waals surface area (Å²) in [5.74, 6) is 0. The third-order valence-electron chi connectivity index (χ3n) is 4.88. The van der Waals surface area contributed by atoms with Crippen LogP contribution in [0.15, 0.2) is 46.3 Å². The number of ether oxygens (including phenoxy) is 2. The van der Waals surface area contributed by atoms with Crippen LogP contribution in [0.5, 0.6) is 0 Å². The highest BCUT2D eigenvalue weighted by Gasteiger charge is 2.29. The van der Waals surface area contributed by atoms with Gasteiger partial charge in [0.15, 0.2) is 6.29 Å². The Bertz CT molecular complexity index is 774. The summed E-state index contributed by atoms with van der Waals surface area (Å²) >= 11 is 0. The molecule has 0 amide bonds. The first-order valence-electron chi connectivity index (χ1n) is 9.92. The maximum atomic E-state index is 11.2. The van der Waals surface area contributed by atoms with Crippen LogP contribution in [0.25, 0.3) is 0 Å². The van der Waals surface area contributed by atoms with Crippen molar-refractivity contribution < 1.29 is 9.47 Å². The van der Waals surface area contributed by atoms with Crippen LogP contribution < -0.4 is 0 Å². The molecule has 1 aliphatic rings. The van der Waals surface area contributed by atoms with Crippen LogP contribution in [0, 0.1) is 11.8 Å². The zero-order valence-electron chi connectivity index (χ0n) is 17.7. The van der Waals surface area contributed by atoms with Gasteiger partial charge in [-0.2, -0.15) is 0 Å². The van der Waals surface area contributed by atoms with Crippen molar-refractivity contribution in [3.63, 3.8) is 0 Å². The van der Waals surface area contributed by atoms with E-state index in [-0.39, 0.29) is 0 Å². The van der Waals surface area contributed by atoms with Crippen molar-refractivity contribution >= 4 is 5.69 Å². The van der Waals surface area contributed by atoms with Gasteiger partial charge in [0, 0.05) is 17.3 Å². The van der Waals surface area contributed by atoms with Gasteiger partial charge < -0.3 is 9.47 Å². The van der Waals surface area contributed by atoms with Crippen molar-refractivity contribution in [2.45, 2.75) is 73.2 Å². The number of aryl methyl sites for hydroxylation is 1. The predicted molar refractivity (Wildman–Crippen MR) is 113 cm³/mol. The van der Waals surface area contributed by atoms with E-state index in [1.807, 2.05) is 0 Å². The molecule has 0 bridgehead atoms. The number of fused-ring (bicyclic) bond motifs is 1. The molecule has 2 rings (SSSR count). The minimum atomic E-state index is -0.550. The van der Waals surface area contributed by atoms with Gasteiger partial charge in [-0.1, -0.05) is 34.9 Å². The first-order valence-corrected chi connectivity index (χ1v) is 9.92. The molecule has 0 saturated heterocycles. The zero-order chi connectivity index (χ0) is 20.5. The standard InChI is InChI=1S/C23H32N2O3/c1-16(2)8-6-9-17(3)10-7-11-18(4)12-13-27-23-21-20(15-28-23)14-24-19(5)22(21)25-26/h8,10,12,14,23H,6-7,9,11,13,15H2,1-5H3/b17-10+,18-12+. The lowest BCUT2D eigenvalue weighted by molar-refractivity contribution is -0.129. The lowest BCUT2D eigenvalue weighted by Gasteiger charge is -2.13. The molecule has 1 atom stereocenters. The van der Waals surface area contributed by atoms with E-state index in [2.05, 4.69) is 56.1 Å². The van der Waals surface area contributed by atoms with Crippen LogP contribution in [0.4, 0.5) is 5.69 Å². The molecule has 28 heavy (non-hydrogen) atoms. The Labute approximate surface area is 168 Å². The SMILES string of the molecule is CC(C)=CCC/C(C)=C/CC/C(C)=C/COC1OCc2cnc(C)c(N=O)c21. The van der Waals surface area contributed by atoms with Gasteiger partial charge in [-0.05, 0) is 65.5 Å². The van der Waals surface area contributed by atoms with Crippen molar-refractivity contribution in [2.24, 2.45) is 5.18 Å². The van der Waals surface area contributed by atoms with Gasteiger partial charge in [-0.25, -0.2) is 0 Å². The van der Waals surface area contributed by atoms with E-state index in [1.165, 1.54) is 16.7 Å². The fraction of sp³-hybridized carbons (Fsp3) is 0.522. The number of pyridine rings is 1. The second-order valence-corrected chi connectivity index (χ2v) is 7.66. The summed E-state index contributed by atoms with van der Waals surface area (Å²) in [5.41, 5.74) is 6.65. The van der Waals surface area contributed by atoms with Gasteiger partial charge in [-0.3, -0.25) is 4.98 Å². The molecule has 1 unspecified atom stereocenters. The van der Waals surface area contributed by atoms with Crippen molar-refractivity contribution in [1.29, 1.82) is 0 Å². The fourth-order valence-electron chi connectivity index (χ4n) is 3.14. The molecule has 0 aromatic carbocycles. The Balaban J connectivity index is 1.81. The Kier molecular flexibility index (Phi) is 8.74. The molecule has 5 nitrogen and oxygen atoms in total. The summed E-state index contributed by atoms with van der Waals surface area (Å²) in [7, 11) is 0. The van der Waals surface area contributed by atoms with Gasteiger partial charge in [-0.15, -0.1) is 4.91 Å². The molecule has 0 saturated carbocycles. The minimum Gasteiger partial charge on any atom is -0.344 e. The molecule has 0 spiro atoms. The molecule has 0 N–H and O–H groups in total. The number of aromatic nitrogens is 1. The molecule has 2 heterocycles. The predicted octanol–water partition coefficient (Wildman–Crippen LogP) is 6.75. The van der Waals surface area contributed by atoms with E-state index < -0.39 is 6.29 Å². The van der Waals surface area contributed by atoms with E-state index in [1.54, 1.807) is 13.1 Å². The largest absolute Gasteiger partial charge is 0.344 e. The Hall–Kier alpha value is -2.11. The number of allylic oxidation sites excluding steroid dienone is 5. The van der Waals surface area contributed by atoms with Crippen LogP contribution in [-0.4, -0.2) is 11.6 Å². The second-order valence-electron chi connectivity index (χ2n) is 7.66. The third kappa shape index (κ3) is 6.50. The quantitative estimate of drug-likeness (QED) is 0.330. The van der Waals surface area contributed by atoms with Gasteiger partial charge in [0.05, 0.1) is 18.9 Å². The van der Waals surface area contributed by atoms with Crippen LogP contribution in [-0.2, 0) is 16.1 Å². The first kappa shape index (κ1) is 22.2. The van der Waals surface area contributed by atoms with E-state index >= 15 is 0 Å². The number of rotatable bonds is 10. The van der Waals surface area contributed by atoms with Gasteiger partial charge >= 0.3 is 0 Å². The molecular weight excluding hydrogens is 352 g/mol.